The van der Waals surface area contributed by atoms with Crippen molar-refractivity contribution >= 4 is 29.0 Å². The third kappa shape index (κ3) is 2.05. The van der Waals surface area contributed by atoms with Crippen LogP contribution in [0.25, 0.3) is 0 Å². The number of nitrogens with zero attached hydrogens (tertiary/aromatic N) is 1. The quantitative estimate of drug-likeness (QED) is 0.622. The molecule has 1 aliphatic carbocycles. The lowest BCUT2D eigenvalue weighted by molar-refractivity contribution is -0.142. The summed E-state index contributed by atoms with van der Waals surface area (Å²) < 4.78 is 0. The largest absolute Gasteiger partial charge is 0.392 e. The number of amides is 2. The van der Waals surface area contributed by atoms with E-state index in [4.69, 9.17) is 18.0 Å². The Hall–Kier alpha value is -0.970. The van der Waals surface area contributed by atoms with E-state index in [2.05, 4.69) is 0 Å². The van der Waals surface area contributed by atoms with Crippen molar-refractivity contribution in [2.24, 2.45) is 23.5 Å². The minimum atomic E-state index is -0.425. The van der Waals surface area contributed by atoms with E-state index in [0.717, 1.165) is 25.7 Å². The normalized spacial score (nSPS) is 29.6. The molecule has 2 aliphatic rings. The Morgan fingerprint density at radius 1 is 1.22 bits per heavy atom. The van der Waals surface area contributed by atoms with Crippen LogP contribution in [-0.4, -0.2) is 27.7 Å². The number of fused-ring (bicyclic) bond motifs is 1. The lowest BCUT2D eigenvalue weighted by Gasteiger charge is -2.28. The highest BCUT2D eigenvalue weighted by molar-refractivity contribution is 7.80. The molecule has 4 nitrogen and oxygen atoms in total. The van der Waals surface area contributed by atoms with Crippen LogP contribution in [0.4, 0.5) is 0 Å². The van der Waals surface area contributed by atoms with Gasteiger partial charge in [-0.3, -0.25) is 14.5 Å². The number of hydrogen-bond donors (Lipinski definition) is 1. The first-order valence-corrected chi connectivity index (χ1v) is 7.02. The second-order valence-corrected chi connectivity index (χ2v) is 6.11. The molecule has 0 aromatic heterocycles. The highest BCUT2D eigenvalue weighted by Crippen LogP contribution is 2.39. The molecule has 2 N–H and O–H groups in total. The summed E-state index contributed by atoms with van der Waals surface area (Å²) in [5.41, 5.74) is 5.72. The second kappa shape index (κ2) is 4.96. The first kappa shape index (κ1) is 13.5. The van der Waals surface area contributed by atoms with Crippen LogP contribution in [0.2, 0.25) is 0 Å². The average Bonchev–Trinajstić information content (AvgIpc) is 2.55. The van der Waals surface area contributed by atoms with Crippen molar-refractivity contribution in [2.75, 3.05) is 0 Å². The predicted octanol–water partition coefficient (Wildman–Crippen LogP) is 1.47. The van der Waals surface area contributed by atoms with E-state index in [9.17, 15) is 9.59 Å². The zero-order chi connectivity index (χ0) is 13.4. The van der Waals surface area contributed by atoms with Crippen LogP contribution in [0.3, 0.4) is 0 Å². The second-order valence-electron chi connectivity index (χ2n) is 5.64. The van der Waals surface area contributed by atoms with Crippen molar-refractivity contribution in [3.05, 3.63) is 0 Å². The summed E-state index contributed by atoms with van der Waals surface area (Å²) >= 11 is 5.03. The van der Waals surface area contributed by atoms with Crippen LogP contribution >= 0.6 is 12.2 Å². The fourth-order valence-corrected chi connectivity index (χ4v) is 3.59. The molecule has 0 aromatic carbocycles. The number of thiocarbonyl (C=S) groups is 1. The first-order chi connectivity index (χ1) is 8.45. The molecule has 1 heterocycles. The van der Waals surface area contributed by atoms with Crippen molar-refractivity contribution in [3.8, 4) is 0 Å². The minimum Gasteiger partial charge on any atom is -0.392 e. The Morgan fingerprint density at radius 3 is 2.00 bits per heavy atom. The number of likely N-dealkylation sites (tertiary alicyclic amines) is 1. The van der Waals surface area contributed by atoms with Gasteiger partial charge in [-0.05, 0) is 18.8 Å². The number of hydrogen-bond acceptors (Lipinski definition) is 3. The van der Waals surface area contributed by atoms with Crippen molar-refractivity contribution < 1.29 is 9.59 Å². The highest BCUT2D eigenvalue weighted by Gasteiger charge is 2.51. The first-order valence-electron chi connectivity index (χ1n) is 6.61. The summed E-state index contributed by atoms with van der Waals surface area (Å²) in [6.07, 6.45) is 3.72. The van der Waals surface area contributed by atoms with Gasteiger partial charge in [0.1, 0.15) is 0 Å². The third-order valence-corrected chi connectivity index (χ3v) is 4.32. The van der Waals surface area contributed by atoms with E-state index in [1.54, 1.807) is 0 Å². The van der Waals surface area contributed by atoms with E-state index in [1.165, 1.54) is 4.90 Å². The molecule has 0 aromatic rings. The van der Waals surface area contributed by atoms with Crippen LogP contribution in [0.5, 0.6) is 0 Å². The molecule has 1 saturated carbocycles. The summed E-state index contributed by atoms with van der Waals surface area (Å²) in [7, 11) is 0. The van der Waals surface area contributed by atoms with Crippen molar-refractivity contribution in [3.63, 3.8) is 0 Å². The summed E-state index contributed by atoms with van der Waals surface area (Å²) in [5, 5.41) is 0. The molecular weight excluding hydrogens is 248 g/mol. The predicted molar refractivity (Wildman–Crippen MR) is 72.7 cm³/mol. The third-order valence-electron chi connectivity index (χ3n) is 4.08. The van der Waals surface area contributed by atoms with Crippen LogP contribution in [-0.2, 0) is 9.59 Å². The smallest absolute Gasteiger partial charge is 0.233 e. The summed E-state index contributed by atoms with van der Waals surface area (Å²) in [6.45, 7) is 3.87. The van der Waals surface area contributed by atoms with Crippen LogP contribution < -0.4 is 5.73 Å². The van der Waals surface area contributed by atoms with Crippen LogP contribution in [0, 0.1) is 17.8 Å². The van der Waals surface area contributed by atoms with E-state index in [0.29, 0.717) is 0 Å². The summed E-state index contributed by atoms with van der Waals surface area (Å²) in [6, 6.07) is -0.425. The Morgan fingerprint density at radius 2 is 1.67 bits per heavy atom. The molecule has 3 unspecified atom stereocenters. The van der Waals surface area contributed by atoms with E-state index < -0.39 is 6.04 Å². The highest BCUT2D eigenvalue weighted by atomic mass is 32.1. The Balaban J connectivity index is 2.30. The number of imide groups is 1. The van der Waals surface area contributed by atoms with Gasteiger partial charge in [-0.2, -0.15) is 0 Å². The van der Waals surface area contributed by atoms with Crippen LogP contribution in [0.1, 0.15) is 39.5 Å². The van der Waals surface area contributed by atoms with Gasteiger partial charge in [-0.15, -0.1) is 0 Å². The molecule has 1 aliphatic heterocycles. The number of nitrogens with two attached hydrogens (primary N) is 1. The van der Waals surface area contributed by atoms with Gasteiger partial charge in [0.15, 0.2) is 0 Å². The zero-order valence-electron chi connectivity index (χ0n) is 10.9. The van der Waals surface area contributed by atoms with Gasteiger partial charge in [0.05, 0.1) is 22.9 Å². The molecule has 2 amide bonds. The van der Waals surface area contributed by atoms with Gasteiger partial charge in [0.25, 0.3) is 0 Å². The van der Waals surface area contributed by atoms with Gasteiger partial charge in [-0.25, -0.2) is 0 Å². The van der Waals surface area contributed by atoms with Crippen molar-refractivity contribution in [2.45, 2.75) is 45.6 Å². The maximum absolute atomic E-state index is 12.4. The Bertz CT molecular complexity index is 370. The fraction of sp³-hybridized carbons (Fsp3) is 0.769. The number of carbonyl (C=O) groups excluding carboxylic acids is 2. The van der Waals surface area contributed by atoms with Crippen molar-refractivity contribution in [1.29, 1.82) is 0 Å². The molecule has 2 fully saturated rings. The molecule has 2 rings (SSSR count). The van der Waals surface area contributed by atoms with Crippen LogP contribution in [0.15, 0.2) is 0 Å². The topological polar surface area (TPSA) is 63.4 Å². The van der Waals surface area contributed by atoms with E-state index in [1.807, 2.05) is 13.8 Å². The lowest BCUT2D eigenvalue weighted by atomic mass is 9.81. The van der Waals surface area contributed by atoms with Gasteiger partial charge >= 0.3 is 0 Å². The zero-order valence-corrected chi connectivity index (χ0v) is 11.7. The molecule has 0 radical (unpaired) electrons. The SMILES string of the molecule is CC(C)C(C(N)=S)N1C(=O)C2CCCCC2C1=O. The molecule has 18 heavy (non-hydrogen) atoms. The van der Waals surface area contributed by atoms with E-state index >= 15 is 0 Å². The Kier molecular flexibility index (Phi) is 3.71. The van der Waals surface area contributed by atoms with Gasteiger partial charge in [0.2, 0.25) is 11.8 Å². The maximum atomic E-state index is 12.4. The molecule has 5 heteroatoms. The molecule has 0 bridgehead atoms. The standard InChI is InChI=1S/C13H20N2O2S/c1-7(2)10(11(14)18)15-12(16)8-5-3-4-6-9(8)13(15)17/h7-10H,3-6H2,1-2H3,(H2,14,18). The maximum Gasteiger partial charge on any atom is 0.233 e. The van der Waals surface area contributed by atoms with Crippen molar-refractivity contribution in [1.82, 2.24) is 4.90 Å². The molecule has 3 atom stereocenters. The molecule has 100 valence electrons. The van der Waals surface area contributed by atoms with Gasteiger partial charge in [0, 0.05) is 0 Å². The molecule has 1 saturated heterocycles. The fourth-order valence-electron chi connectivity index (χ4n) is 3.22. The lowest BCUT2D eigenvalue weighted by Crippen LogP contribution is -2.50. The average molecular weight is 268 g/mol. The van der Waals surface area contributed by atoms with Gasteiger partial charge in [-0.1, -0.05) is 38.9 Å². The summed E-state index contributed by atoms with van der Waals surface area (Å²) in [5.74, 6) is -0.299. The Labute approximate surface area is 113 Å². The van der Waals surface area contributed by atoms with E-state index in [-0.39, 0.29) is 34.6 Å². The minimum absolute atomic E-state index is 0.0591. The summed E-state index contributed by atoms with van der Waals surface area (Å²) in [4.78, 5) is 26.4. The molecular formula is C13H20N2O2S. The number of carbonyl (C=O) groups is 2. The monoisotopic (exact) mass is 268 g/mol. The molecule has 0 spiro atoms. The number of rotatable bonds is 3. The van der Waals surface area contributed by atoms with Gasteiger partial charge < -0.3 is 5.73 Å².